The maximum atomic E-state index is 13.0. The van der Waals surface area contributed by atoms with Gasteiger partial charge in [-0.25, -0.2) is 0 Å². The van der Waals surface area contributed by atoms with Gasteiger partial charge in [0.25, 0.3) is 0 Å². The zero-order chi connectivity index (χ0) is 31.0. The van der Waals surface area contributed by atoms with Gasteiger partial charge in [0.15, 0.2) is 0 Å². The Morgan fingerprint density at radius 3 is 2.33 bits per heavy atom. The predicted molar refractivity (Wildman–Crippen MR) is 162 cm³/mol. The van der Waals surface area contributed by atoms with Gasteiger partial charge in [0, 0.05) is 6.42 Å². The predicted octanol–water partition coefficient (Wildman–Crippen LogP) is 2.01. The van der Waals surface area contributed by atoms with Gasteiger partial charge in [-0.1, -0.05) is 26.7 Å². The lowest BCUT2D eigenvalue weighted by molar-refractivity contribution is -0.223. The fourth-order valence-corrected chi connectivity index (χ4v) is 10.0. The molecule has 0 radical (unpaired) electrons. The van der Waals surface area contributed by atoms with Gasteiger partial charge < -0.3 is 37.4 Å². The van der Waals surface area contributed by atoms with Gasteiger partial charge in [0.05, 0.1) is 30.5 Å². The molecular weight excluding hydrogens is 532 g/mol. The van der Waals surface area contributed by atoms with Crippen LogP contribution < -0.4 is 22.1 Å². The quantitative estimate of drug-likeness (QED) is 0.151. The maximum absolute atomic E-state index is 13.0. The van der Waals surface area contributed by atoms with E-state index in [1.165, 1.54) is 0 Å². The van der Waals surface area contributed by atoms with E-state index in [4.69, 9.17) is 17.9 Å². The molecular formula is C33H56N4O5. The number of nitrogens with two attached hydrogens (primary N) is 2. The largest absolute Gasteiger partial charge is 0.393 e. The summed E-state index contributed by atoms with van der Waals surface area (Å²) in [5.74, 6) is 3.28. The summed E-state index contributed by atoms with van der Waals surface area (Å²) in [7, 11) is 0. The van der Waals surface area contributed by atoms with Crippen LogP contribution in [0.1, 0.15) is 98.3 Å². The van der Waals surface area contributed by atoms with Crippen LogP contribution in [0.2, 0.25) is 0 Å². The van der Waals surface area contributed by atoms with Crippen molar-refractivity contribution >= 4 is 11.8 Å². The van der Waals surface area contributed by atoms with Crippen molar-refractivity contribution in [2.75, 3.05) is 6.54 Å². The molecule has 0 saturated heterocycles. The van der Waals surface area contributed by atoms with Crippen molar-refractivity contribution in [1.29, 1.82) is 0 Å². The lowest BCUT2D eigenvalue weighted by Crippen LogP contribution is -2.64. The van der Waals surface area contributed by atoms with Crippen molar-refractivity contribution in [1.82, 2.24) is 10.6 Å². The Labute approximate surface area is 252 Å². The van der Waals surface area contributed by atoms with Gasteiger partial charge >= 0.3 is 0 Å². The Morgan fingerprint density at radius 2 is 1.67 bits per heavy atom. The number of terminal acetylenes is 1. The van der Waals surface area contributed by atoms with Crippen molar-refractivity contribution in [3.63, 3.8) is 0 Å². The highest BCUT2D eigenvalue weighted by molar-refractivity contribution is 5.87. The Kier molecular flexibility index (Phi) is 10.1. The SMILES string of the molecule is C#CCNC(=O)C(CCC(C)(N)N)NC(=O)CCC(C)C1CCC2C3C(O)C(O)C4CC(O)CCC4(C)C3CCC12C. The third-order valence-corrected chi connectivity index (χ3v) is 12.3. The molecule has 4 saturated carbocycles. The van der Waals surface area contributed by atoms with Gasteiger partial charge in [-0.05, 0) is 117 Å². The van der Waals surface area contributed by atoms with Crippen LogP contribution in [0.5, 0.6) is 0 Å². The van der Waals surface area contributed by atoms with Crippen molar-refractivity contribution < 1.29 is 24.9 Å². The lowest BCUT2D eigenvalue weighted by Gasteiger charge is -2.63. The third-order valence-electron chi connectivity index (χ3n) is 12.3. The monoisotopic (exact) mass is 588 g/mol. The molecule has 9 N–H and O–H groups in total. The highest BCUT2D eigenvalue weighted by Crippen LogP contribution is 2.68. The number of hydrogen-bond acceptors (Lipinski definition) is 7. The molecule has 9 heteroatoms. The van der Waals surface area contributed by atoms with Crippen LogP contribution in [-0.2, 0) is 9.59 Å². The number of amides is 2. The zero-order valence-electron chi connectivity index (χ0n) is 26.1. The normalized spacial score (nSPS) is 41.0. The molecule has 4 aliphatic rings. The minimum absolute atomic E-state index is 0.0412. The number of carbonyl (C=O) groups is 2. The Hall–Kier alpha value is -1.70. The van der Waals surface area contributed by atoms with E-state index >= 15 is 0 Å². The minimum atomic E-state index is -0.949. The fourth-order valence-electron chi connectivity index (χ4n) is 10.0. The number of rotatable bonds is 10. The Morgan fingerprint density at radius 1 is 1.00 bits per heavy atom. The van der Waals surface area contributed by atoms with Crippen LogP contribution in [-0.4, -0.2) is 63.7 Å². The van der Waals surface area contributed by atoms with E-state index in [9.17, 15) is 24.9 Å². The summed E-state index contributed by atoms with van der Waals surface area (Å²) in [5, 5.41) is 38.7. The molecule has 0 bridgehead atoms. The van der Waals surface area contributed by atoms with Crippen LogP contribution in [0.3, 0.4) is 0 Å². The summed E-state index contributed by atoms with van der Waals surface area (Å²) in [5.41, 5.74) is 10.9. The van der Waals surface area contributed by atoms with Crippen molar-refractivity contribution in [2.24, 2.45) is 57.8 Å². The summed E-state index contributed by atoms with van der Waals surface area (Å²) in [4.78, 5) is 25.7. The van der Waals surface area contributed by atoms with Crippen LogP contribution in [0, 0.1) is 58.7 Å². The molecule has 9 nitrogen and oxygen atoms in total. The molecule has 0 aromatic heterocycles. The van der Waals surface area contributed by atoms with E-state index in [2.05, 4.69) is 37.3 Å². The maximum Gasteiger partial charge on any atom is 0.243 e. The molecule has 0 aromatic carbocycles. The molecule has 12 atom stereocenters. The molecule has 238 valence electrons. The fraction of sp³-hybridized carbons (Fsp3) is 0.879. The highest BCUT2D eigenvalue weighted by atomic mass is 16.3. The zero-order valence-corrected chi connectivity index (χ0v) is 26.1. The van der Waals surface area contributed by atoms with Gasteiger partial charge in [0.2, 0.25) is 11.8 Å². The molecule has 4 rings (SSSR count). The van der Waals surface area contributed by atoms with E-state index in [-0.39, 0.29) is 41.0 Å². The summed E-state index contributed by atoms with van der Waals surface area (Å²) in [6.45, 7) is 8.68. The van der Waals surface area contributed by atoms with E-state index in [0.29, 0.717) is 55.8 Å². The van der Waals surface area contributed by atoms with Crippen molar-refractivity contribution in [3.8, 4) is 12.3 Å². The highest BCUT2D eigenvalue weighted by Gasteiger charge is 2.65. The second-order valence-electron chi connectivity index (χ2n) is 15.1. The topological polar surface area (TPSA) is 171 Å². The Bertz CT molecular complexity index is 1020. The molecule has 4 aliphatic carbocycles. The Balaban J connectivity index is 1.39. The molecule has 4 fully saturated rings. The first-order valence-corrected chi connectivity index (χ1v) is 16.2. The van der Waals surface area contributed by atoms with E-state index in [1.807, 2.05) is 0 Å². The van der Waals surface area contributed by atoms with Crippen LogP contribution in [0.25, 0.3) is 0 Å². The molecule has 0 aromatic rings. The summed E-state index contributed by atoms with van der Waals surface area (Å²) in [6, 6.07) is -0.749. The summed E-state index contributed by atoms with van der Waals surface area (Å²) < 4.78 is 0. The summed E-state index contributed by atoms with van der Waals surface area (Å²) in [6.07, 6.45) is 11.5. The minimum Gasteiger partial charge on any atom is -0.393 e. The molecule has 0 aliphatic heterocycles. The van der Waals surface area contributed by atoms with E-state index < -0.39 is 30.0 Å². The molecule has 0 spiro atoms. The van der Waals surface area contributed by atoms with E-state index in [1.54, 1.807) is 6.92 Å². The smallest absolute Gasteiger partial charge is 0.243 e. The first-order chi connectivity index (χ1) is 19.6. The molecule has 12 unspecified atom stereocenters. The first-order valence-electron chi connectivity index (χ1n) is 16.2. The number of fused-ring (bicyclic) bond motifs is 5. The number of aliphatic hydroxyl groups is 3. The van der Waals surface area contributed by atoms with Crippen molar-refractivity contribution in [3.05, 3.63) is 0 Å². The standard InChI is InChI=1S/C33H56N4O5/c1-6-17-36-30(42)25(13-16-33(5,34)35)37-26(39)10-7-19(2)21-8-9-22-27-23(12-15-31(21,22)3)32(4)14-11-20(38)18-24(32)28(40)29(27)41/h1,19-25,27-29,38,40-41H,7-18,34-35H2,2-5H3,(H,36,42)(H,37,39). The van der Waals surface area contributed by atoms with Gasteiger partial charge in [0.1, 0.15) is 6.04 Å². The van der Waals surface area contributed by atoms with Crippen LogP contribution >= 0.6 is 0 Å². The average Bonchev–Trinajstić information content (AvgIpc) is 3.28. The lowest BCUT2D eigenvalue weighted by atomic mass is 9.43. The molecule has 42 heavy (non-hydrogen) atoms. The number of carbonyl (C=O) groups excluding carboxylic acids is 2. The van der Waals surface area contributed by atoms with Gasteiger partial charge in [-0.3, -0.25) is 9.59 Å². The number of aliphatic hydroxyl groups excluding tert-OH is 3. The van der Waals surface area contributed by atoms with Gasteiger partial charge in [-0.15, -0.1) is 6.42 Å². The van der Waals surface area contributed by atoms with Crippen LogP contribution in [0.15, 0.2) is 0 Å². The van der Waals surface area contributed by atoms with E-state index in [0.717, 1.165) is 38.5 Å². The average molecular weight is 589 g/mol. The first kappa shape index (κ1) is 33.2. The van der Waals surface area contributed by atoms with Crippen LogP contribution in [0.4, 0.5) is 0 Å². The number of hydrogen-bond donors (Lipinski definition) is 7. The van der Waals surface area contributed by atoms with Gasteiger partial charge in [-0.2, -0.15) is 0 Å². The third kappa shape index (κ3) is 6.53. The van der Waals surface area contributed by atoms with Crippen molar-refractivity contribution in [2.45, 2.75) is 128 Å². The number of nitrogens with one attached hydrogen (secondary N) is 2. The summed E-state index contributed by atoms with van der Waals surface area (Å²) >= 11 is 0. The second-order valence-corrected chi connectivity index (χ2v) is 15.1. The molecule has 0 heterocycles. The second kappa shape index (κ2) is 12.7. The molecule has 2 amide bonds.